The highest BCUT2D eigenvalue weighted by molar-refractivity contribution is 7.89. The summed E-state index contributed by atoms with van der Waals surface area (Å²) in [6.07, 6.45) is 0. The molecule has 0 spiro atoms. The molecule has 1 rings (SSSR count). The van der Waals surface area contributed by atoms with Crippen LogP contribution in [0.4, 0.5) is 14.5 Å². The highest BCUT2D eigenvalue weighted by Crippen LogP contribution is 2.23. The highest BCUT2D eigenvalue weighted by atomic mass is 32.2. The van der Waals surface area contributed by atoms with Crippen LogP contribution in [0.1, 0.15) is 13.8 Å². The molecule has 1 amide bonds. The Hall–Kier alpha value is -1.74. The summed E-state index contributed by atoms with van der Waals surface area (Å²) in [6, 6.07) is 1.53. The van der Waals surface area contributed by atoms with Crippen molar-refractivity contribution in [2.75, 3.05) is 19.3 Å². The van der Waals surface area contributed by atoms with E-state index >= 15 is 0 Å². The van der Waals surface area contributed by atoms with Crippen LogP contribution in [0, 0.1) is 17.0 Å². The maximum atomic E-state index is 13.7. The number of hydrogen-bond donors (Lipinski definition) is 3. The zero-order valence-electron chi connectivity index (χ0n) is 11.8. The van der Waals surface area contributed by atoms with E-state index in [1.165, 1.54) is 20.9 Å². The van der Waals surface area contributed by atoms with Crippen molar-refractivity contribution in [3.63, 3.8) is 0 Å². The molecule has 0 atom stereocenters. The average molecular weight is 321 g/mol. The Bertz CT molecular complexity index is 660. The van der Waals surface area contributed by atoms with Crippen LogP contribution in [-0.2, 0) is 14.8 Å². The molecule has 0 saturated heterocycles. The summed E-state index contributed by atoms with van der Waals surface area (Å²) < 4.78 is 52.9. The summed E-state index contributed by atoms with van der Waals surface area (Å²) in [5.41, 5.74) is 3.22. The molecule has 0 radical (unpaired) electrons. The van der Waals surface area contributed by atoms with Crippen LogP contribution in [-0.4, -0.2) is 27.9 Å². The van der Waals surface area contributed by atoms with E-state index in [4.69, 9.17) is 5.73 Å². The summed E-state index contributed by atoms with van der Waals surface area (Å²) in [5.74, 6) is -2.79. The molecule has 0 aliphatic rings. The normalized spacial score (nSPS) is 12.2. The van der Waals surface area contributed by atoms with Crippen LogP contribution in [0.2, 0.25) is 0 Å². The number of anilines is 1. The van der Waals surface area contributed by atoms with Gasteiger partial charge in [0, 0.05) is 13.6 Å². The number of amides is 1. The Balaban J connectivity index is 3.04. The molecule has 0 aliphatic heterocycles. The first kappa shape index (κ1) is 17.3. The summed E-state index contributed by atoms with van der Waals surface area (Å²) in [6.45, 7) is 2.78. The van der Waals surface area contributed by atoms with Gasteiger partial charge in [-0.15, -0.1) is 0 Å². The molecule has 0 fully saturated rings. The number of sulfonamides is 1. The first-order valence-corrected chi connectivity index (χ1v) is 7.46. The molecule has 0 aromatic heterocycles. The average Bonchev–Trinajstić information content (AvgIpc) is 2.41. The third-order valence-corrected chi connectivity index (χ3v) is 4.35. The van der Waals surface area contributed by atoms with Gasteiger partial charge >= 0.3 is 0 Å². The van der Waals surface area contributed by atoms with Crippen molar-refractivity contribution < 1.29 is 22.0 Å². The zero-order chi connectivity index (χ0) is 16.4. The quantitative estimate of drug-likeness (QED) is 0.691. The molecule has 9 heteroatoms. The van der Waals surface area contributed by atoms with Gasteiger partial charge in [-0.25, -0.2) is 21.9 Å². The van der Waals surface area contributed by atoms with Gasteiger partial charge in [-0.05, 0) is 26.0 Å². The second-order valence-corrected chi connectivity index (χ2v) is 6.80. The maximum Gasteiger partial charge on any atom is 0.243 e. The first-order valence-electron chi connectivity index (χ1n) is 5.98. The standard InChI is InChI=1S/C12H17F2N3O3S/c1-12(2,11(18)16-3)6-17-21(19,20)8-5-4-7(13)10(15)9(8)14/h4-5,17H,6,15H2,1-3H3,(H,16,18). The predicted molar refractivity (Wildman–Crippen MR) is 73.8 cm³/mol. The van der Waals surface area contributed by atoms with E-state index < -0.39 is 37.7 Å². The van der Waals surface area contributed by atoms with Crippen molar-refractivity contribution in [1.82, 2.24) is 10.0 Å². The van der Waals surface area contributed by atoms with Crippen molar-refractivity contribution in [3.05, 3.63) is 23.8 Å². The lowest BCUT2D eigenvalue weighted by Crippen LogP contribution is -2.43. The Morgan fingerprint density at radius 3 is 2.43 bits per heavy atom. The summed E-state index contributed by atoms with van der Waals surface area (Å²) in [7, 11) is -2.84. The lowest BCUT2D eigenvalue weighted by Gasteiger charge is -2.22. The Labute approximate surface area is 121 Å². The smallest absolute Gasteiger partial charge is 0.243 e. The lowest BCUT2D eigenvalue weighted by molar-refractivity contribution is -0.128. The minimum Gasteiger partial charge on any atom is -0.394 e. The molecule has 0 heterocycles. The van der Waals surface area contributed by atoms with E-state index in [1.54, 1.807) is 0 Å². The van der Waals surface area contributed by atoms with Crippen LogP contribution < -0.4 is 15.8 Å². The predicted octanol–water partition coefficient (Wildman–Crippen LogP) is 0.597. The van der Waals surface area contributed by atoms with E-state index in [0.717, 1.165) is 12.1 Å². The second kappa shape index (κ2) is 5.94. The van der Waals surface area contributed by atoms with Gasteiger partial charge in [0.15, 0.2) is 5.82 Å². The van der Waals surface area contributed by atoms with Crippen LogP contribution >= 0.6 is 0 Å². The van der Waals surface area contributed by atoms with Gasteiger partial charge < -0.3 is 11.1 Å². The van der Waals surface area contributed by atoms with E-state index in [2.05, 4.69) is 10.0 Å². The van der Waals surface area contributed by atoms with Crippen LogP contribution in [0.15, 0.2) is 17.0 Å². The molecular formula is C12H17F2N3O3S. The molecule has 1 aromatic rings. The summed E-state index contributed by atoms with van der Waals surface area (Å²) in [4.78, 5) is 10.8. The third kappa shape index (κ3) is 3.67. The minimum atomic E-state index is -4.26. The van der Waals surface area contributed by atoms with Gasteiger partial charge in [0.1, 0.15) is 16.4 Å². The summed E-state index contributed by atoms with van der Waals surface area (Å²) >= 11 is 0. The molecular weight excluding hydrogens is 304 g/mol. The maximum absolute atomic E-state index is 13.7. The largest absolute Gasteiger partial charge is 0.394 e. The van der Waals surface area contributed by atoms with Crippen molar-refractivity contribution in [2.45, 2.75) is 18.7 Å². The van der Waals surface area contributed by atoms with Crippen molar-refractivity contribution in [3.8, 4) is 0 Å². The van der Waals surface area contributed by atoms with Crippen LogP contribution in [0.25, 0.3) is 0 Å². The van der Waals surface area contributed by atoms with E-state index in [0.29, 0.717) is 0 Å². The molecule has 0 saturated carbocycles. The van der Waals surface area contributed by atoms with Gasteiger partial charge in [0.25, 0.3) is 0 Å². The molecule has 21 heavy (non-hydrogen) atoms. The summed E-state index contributed by atoms with van der Waals surface area (Å²) in [5, 5.41) is 2.39. The van der Waals surface area contributed by atoms with E-state index in [1.807, 2.05) is 0 Å². The third-order valence-electron chi connectivity index (χ3n) is 2.93. The Morgan fingerprint density at radius 1 is 1.33 bits per heavy atom. The molecule has 118 valence electrons. The number of hydrogen-bond acceptors (Lipinski definition) is 4. The number of nitrogens with one attached hydrogen (secondary N) is 2. The van der Waals surface area contributed by atoms with Gasteiger partial charge in [-0.1, -0.05) is 0 Å². The van der Waals surface area contributed by atoms with E-state index in [9.17, 15) is 22.0 Å². The SMILES string of the molecule is CNC(=O)C(C)(C)CNS(=O)(=O)c1ccc(F)c(N)c1F. The monoisotopic (exact) mass is 321 g/mol. The fourth-order valence-corrected chi connectivity index (χ4v) is 2.83. The van der Waals surface area contributed by atoms with E-state index in [-0.39, 0.29) is 12.5 Å². The molecule has 0 unspecified atom stereocenters. The number of nitrogen functional groups attached to an aromatic ring is 1. The molecule has 4 N–H and O–H groups in total. The van der Waals surface area contributed by atoms with Gasteiger partial charge in [0.05, 0.1) is 5.41 Å². The number of nitrogens with two attached hydrogens (primary N) is 1. The highest BCUT2D eigenvalue weighted by Gasteiger charge is 2.30. The van der Waals surface area contributed by atoms with Gasteiger partial charge in [0.2, 0.25) is 15.9 Å². The first-order chi connectivity index (χ1) is 9.53. The van der Waals surface area contributed by atoms with Crippen LogP contribution in [0.3, 0.4) is 0 Å². The topological polar surface area (TPSA) is 101 Å². The Morgan fingerprint density at radius 2 is 1.90 bits per heavy atom. The fourth-order valence-electron chi connectivity index (χ4n) is 1.53. The van der Waals surface area contributed by atoms with Crippen molar-refractivity contribution >= 4 is 21.6 Å². The second-order valence-electron chi connectivity index (χ2n) is 5.06. The number of carbonyl (C=O) groups excluding carboxylic acids is 1. The minimum absolute atomic E-state index is 0.258. The van der Waals surface area contributed by atoms with Crippen molar-refractivity contribution in [1.29, 1.82) is 0 Å². The lowest BCUT2D eigenvalue weighted by atomic mass is 9.93. The molecule has 0 bridgehead atoms. The van der Waals surface area contributed by atoms with Gasteiger partial charge in [-0.3, -0.25) is 4.79 Å². The number of halogens is 2. The van der Waals surface area contributed by atoms with Crippen molar-refractivity contribution in [2.24, 2.45) is 5.41 Å². The zero-order valence-corrected chi connectivity index (χ0v) is 12.6. The molecule has 1 aromatic carbocycles. The fraction of sp³-hybridized carbons (Fsp3) is 0.417. The number of benzene rings is 1. The van der Waals surface area contributed by atoms with Gasteiger partial charge in [-0.2, -0.15) is 0 Å². The molecule has 6 nitrogen and oxygen atoms in total. The number of rotatable bonds is 5. The van der Waals surface area contributed by atoms with Crippen LogP contribution in [0.5, 0.6) is 0 Å². The number of carbonyl (C=O) groups is 1. The molecule has 0 aliphatic carbocycles. The Kier molecular flexibility index (Phi) is 4.90.